The molecule has 0 unspecified atom stereocenters. The molecule has 0 saturated heterocycles. The number of tetrazole rings is 1. The smallest absolute Gasteiger partial charge is 0.252 e. The summed E-state index contributed by atoms with van der Waals surface area (Å²) in [5, 5.41) is 13.9. The Morgan fingerprint density at radius 1 is 0.895 bits per heavy atom. The first-order valence-electron chi connectivity index (χ1n) is 13.4. The van der Waals surface area contributed by atoms with E-state index in [9.17, 15) is 4.79 Å². The van der Waals surface area contributed by atoms with Crippen LogP contribution in [-0.4, -0.2) is 36.6 Å². The molecule has 0 saturated carbocycles. The molecule has 0 amide bonds. The monoisotopic (exact) mass is 506 g/mol. The molecular formula is C31H34N6O. The van der Waals surface area contributed by atoms with Crippen molar-refractivity contribution in [3.8, 4) is 0 Å². The molecule has 2 heterocycles. The minimum Gasteiger partial charge on any atom is -0.322 e. The second-order valence-corrected chi connectivity index (χ2v) is 9.71. The van der Waals surface area contributed by atoms with Crippen LogP contribution in [0.1, 0.15) is 54.4 Å². The maximum absolute atomic E-state index is 13.2. The molecule has 38 heavy (non-hydrogen) atoms. The molecule has 0 radical (unpaired) electrons. The number of hydrogen-bond acceptors (Lipinski definition) is 5. The fourth-order valence-electron chi connectivity index (χ4n) is 5.04. The number of fused-ring (bicyclic) bond motifs is 1. The summed E-state index contributed by atoms with van der Waals surface area (Å²) in [6, 6.07) is 28.9. The maximum atomic E-state index is 13.2. The van der Waals surface area contributed by atoms with E-state index in [1.54, 1.807) is 0 Å². The Bertz CT molecular complexity index is 1530. The highest BCUT2D eigenvalue weighted by Crippen LogP contribution is 2.25. The van der Waals surface area contributed by atoms with Gasteiger partial charge in [-0.3, -0.25) is 9.69 Å². The first-order chi connectivity index (χ1) is 18.6. The summed E-state index contributed by atoms with van der Waals surface area (Å²) in [6.07, 6.45) is 2.63. The number of nitrogens with one attached hydrogen (secondary N) is 1. The van der Waals surface area contributed by atoms with E-state index in [1.807, 2.05) is 41.1 Å². The van der Waals surface area contributed by atoms with Crippen LogP contribution in [0.15, 0.2) is 89.7 Å². The molecule has 1 N–H and O–H groups in total. The first-order valence-corrected chi connectivity index (χ1v) is 13.4. The third kappa shape index (κ3) is 5.89. The molecule has 3 aromatic carbocycles. The Morgan fingerprint density at radius 3 is 2.34 bits per heavy atom. The molecular weight excluding hydrogens is 472 g/mol. The first kappa shape index (κ1) is 25.5. The summed E-state index contributed by atoms with van der Waals surface area (Å²) in [6.45, 7) is 6.17. The second-order valence-electron chi connectivity index (χ2n) is 9.71. The van der Waals surface area contributed by atoms with Crippen molar-refractivity contribution in [3.05, 3.63) is 123 Å². The van der Waals surface area contributed by atoms with Crippen molar-refractivity contribution in [1.82, 2.24) is 30.1 Å². The SMILES string of the molecule is CCc1ccc2[nH]c(=O)c(CN(CCc3ccccc3)[C@@H](CC)c3nnnn3Cc3ccccc3)cc2c1. The van der Waals surface area contributed by atoms with Crippen molar-refractivity contribution in [2.24, 2.45) is 0 Å². The third-order valence-corrected chi connectivity index (χ3v) is 7.16. The minimum absolute atomic E-state index is 0.0468. The zero-order chi connectivity index (χ0) is 26.3. The van der Waals surface area contributed by atoms with Crippen molar-refractivity contribution in [2.75, 3.05) is 6.54 Å². The molecule has 0 aliphatic rings. The Hall–Kier alpha value is -4.10. The zero-order valence-corrected chi connectivity index (χ0v) is 22.0. The summed E-state index contributed by atoms with van der Waals surface area (Å²) in [5.41, 5.74) is 5.22. The van der Waals surface area contributed by atoms with E-state index in [1.165, 1.54) is 11.1 Å². The molecule has 5 aromatic rings. The van der Waals surface area contributed by atoms with Crippen LogP contribution in [0.25, 0.3) is 10.9 Å². The third-order valence-electron chi connectivity index (χ3n) is 7.16. The fraction of sp³-hybridized carbons (Fsp3) is 0.290. The lowest BCUT2D eigenvalue weighted by Crippen LogP contribution is -2.34. The molecule has 0 bridgehead atoms. The van der Waals surface area contributed by atoms with E-state index in [4.69, 9.17) is 0 Å². The Morgan fingerprint density at radius 2 is 1.63 bits per heavy atom. The molecule has 0 fully saturated rings. The van der Waals surface area contributed by atoms with Crippen molar-refractivity contribution < 1.29 is 0 Å². The number of hydrogen-bond donors (Lipinski definition) is 1. The standard InChI is InChI=1S/C31H34N6O/c1-3-23-15-16-28-26(19-23)20-27(31(38)32-28)22-36(18-17-24-11-7-5-8-12-24)29(4-2)30-33-34-35-37(30)21-25-13-9-6-10-14-25/h5-16,19-20,29H,3-4,17-18,21-22H2,1-2H3,(H,32,38)/t29-/m0/s1. The molecule has 0 spiro atoms. The van der Waals surface area contributed by atoms with Crippen molar-refractivity contribution in [3.63, 3.8) is 0 Å². The number of aromatic nitrogens is 5. The summed E-state index contributed by atoms with van der Waals surface area (Å²) in [7, 11) is 0. The number of aromatic amines is 1. The Labute approximate surface area is 223 Å². The summed E-state index contributed by atoms with van der Waals surface area (Å²) < 4.78 is 1.89. The van der Waals surface area contributed by atoms with Gasteiger partial charge in [-0.2, -0.15) is 0 Å². The van der Waals surface area contributed by atoms with Gasteiger partial charge in [-0.1, -0.05) is 80.6 Å². The molecule has 1 atom stereocenters. The number of H-pyrrole nitrogens is 1. The van der Waals surface area contributed by atoms with E-state index in [-0.39, 0.29) is 11.6 Å². The van der Waals surface area contributed by atoms with Gasteiger partial charge in [0.2, 0.25) is 0 Å². The number of nitrogens with zero attached hydrogens (tertiary/aromatic N) is 5. The van der Waals surface area contributed by atoms with Gasteiger partial charge in [0.15, 0.2) is 5.82 Å². The Kier molecular flexibility index (Phi) is 8.04. The highest BCUT2D eigenvalue weighted by molar-refractivity contribution is 5.79. The van der Waals surface area contributed by atoms with E-state index >= 15 is 0 Å². The average Bonchev–Trinajstić information content (AvgIpc) is 3.40. The number of pyridine rings is 1. The van der Waals surface area contributed by atoms with Gasteiger partial charge in [0, 0.05) is 24.2 Å². The molecule has 0 aliphatic carbocycles. The van der Waals surface area contributed by atoms with Crippen molar-refractivity contribution in [2.45, 2.75) is 52.2 Å². The highest BCUT2D eigenvalue weighted by Gasteiger charge is 2.26. The lowest BCUT2D eigenvalue weighted by atomic mass is 10.1. The topological polar surface area (TPSA) is 79.7 Å². The maximum Gasteiger partial charge on any atom is 0.252 e. The largest absolute Gasteiger partial charge is 0.322 e. The predicted octanol–water partition coefficient (Wildman–Crippen LogP) is 5.32. The summed E-state index contributed by atoms with van der Waals surface area (Å²) >= 11 is 0. The predicted molar refractivity (Wildman–Crippen MR) is 151 cm³/mol. The van der Waals surface area contributed by atoms with E-state index in [0.717, 1.165) is 53.7 Å². The van der Waals surface area contributed by atoms with Crippen molar-refractivity contribution >= 4 is 10.9 Å². The van der Waals surface area contributed by atoms with Gasteiger partial charge in [0.05, 0.1) is 12.6 Å². The second kappa shape index (κ2) is 12.0. The van der Waals surface area contributed by atoms with Crippen LogP contribution in [0.3, 0.4) is 0 Å². The van der Waals surface area contributed by atoms with Crippen LogP contribution in [0.2, 0.25) is 0 Å². The zero-order valence-electron chi connectivity index (χ0n) is 22.0. The van der Waals surface area contributed by atoms with Gasteiger partial charge in [0.25, 0.3) is 5.56 Å². The van der Waals surface area contributed by atoms with E-state index < -0.39 is 0 Å². The normalized spacial score (nSPS) is 12.3. The number of benzene rings is 3. The summed E-state index contributed by atoms with van der Waals surface area (Å²) in [4.78, 5) is 18.6. The van der Waals surface area contributed by atoms with Gasteiger partial charge < -0.3 is 4.98 Å². The van der Waals surface area contributed by atoms with Crippen LogP contribution in [0.4, 0.5) is 0 Å². The lowest BCUT2D eigenvalue weighted by Gasteiger charge is -2.30. The van der Waals surface area contributed by atoms with Gasteiger partial charge >= 0.3 is 0 Å². The molecule has 5 rings (SSSR count). The van der Waals surface area contributed by atoms with Crippen LogP contribution in [0, 0.1) is 0 Å². The highest BCUT2D eigenvalue weighted by atomic mass is 16.1. The fourth-order valence-corrected chi connectivity index (χ4v) is 5.04. The number of aryl methyl sites for hydroxylation is 1. The van der Waals surface area contributed by atoms with Gasteiger partial charge in [0.1, 0.15) is 0 Å². The molecule has 7 nitrogen and oxygen atoms in total. The van der Waals surface area contributed by atoms with E-state index in [2.05, 4.69) is 87.8 Å². The van der Waals surface area contributed by atoms with Crippen LogP contribution < -0.4 is 5.56 Å². The summed E-state index contributed by atoms with van der Waals surface area (Å²) in [5.74, 6) is 0.815. The lowest BCUT2D eigenvalue weighted by molar-refractivity contribution is 0.172. The minimum atomic E-state index is -0.0507. The van der Waals surface area contributed by atoms with Crippen molar-refractivity contribution in [1.29, 1.82) is 0 Å². The quantitative estimate of drug-likeness (QED) is 0.262. The van der Waals surface area contributed by atoms with Gasteiger partial charge in [-0.25, -0.2) is 4.68 Å². The van der Waals surface area contributed by atoms with E-state index in [0.29, 0.717) is 13.1 Å². The molecule has 0 aliphatic heterocycles. The Balaban J connectivity index is 1.48. The molecule has 2 aromatic heterocycles. The van der Waals surface area contributed by atoms with Gasteiger partial charge in [-0.05, 0) is 70.0 Å². The van der Waals surface area contributed by atoms with Crippen LogP contribution in [-0.2, 0) is 25.9 Å². The molecule has 7 heteroatoms. The van der Waals surface area contributed by atoms with Gasteiger partial charge in [-0.15, -0.1) is 5.10 Å². The number of rotatable bonds is 11. The van der Waals surface area contributed by atoms with Crippen LogP contribution in [0.5, 0.6) is 0 Å². The van der Waals surface area contributed by atoms with Crippen LogP contribution >= 0.6 is 0 Å². The molecule has 194 valence electrons. The average molecular weight is 507 g/mol.